The number of alkyl halides is 3. The first-order valence-electron chi connectivity index (χ1n) is 6.91. The van der Waals surface area contributed by atoms with Crippen LogP contribution in [-0.2, 0) is 12.6 Å². The molecule has 0 saturated carbocycles. The Morgan fingerprint density at radius 2 is 1.77 bits per heavy atom. The molecule has 3 aromatic rings. The highest BCUT2D eigenvalue weighted by molar-refractivity contribution is 5.40. The van der Waals surface area contributed by atoms with Gasteiger partial charge in [-0.2, -0.15) is 13.2 Å². The van der Waals surface area contributed by atoms with E-state index in [1.807, 2.05) is 37.3 Å². The summed E-state index contributed by atoms with van der Waals surface area (Å²) in [5, 5.41) is 8.01. The van der Waals surface area contributed by atoms with Crippen LogP contribution >= 0.6 is 0 Å². The average Bonchev–Trinajstić information content (AvgIpc) is 2.90. The highest BCUT2D eigenvalue weighted by atomic mass is 19.4. The van der Waals surface area contributed by atoms with E-state index in [-0.39, 0.29) is 5.92 Å². The van der Waals surface area contributed by atoms with Crippen LogP contribution in [0.5, 0.6) is 0 Å². The average molecular weight is 305 g/mol. The van der Waals surface area contributed by atoms with Crippen molar-refractivity contribution in [1.29, 1.82) is 0 Å². The first-order chi connectivity index (χ1) is 10.4. The van der Waals surface area contributed by atoms with E-state index in [1.165, 1.54) is 10.5 Å². The van der Waals surface area contributed by atoms with Gasteiger partial charge in [0, 0.05) is 12.1 Å². The Bertz CT molecular complexity index is 778. The lowest BCUT2D eigenvalue weighted by molar-refractivity contribution is -0.137. The second kappa shape index (κ2) is 5.44. The van der Waals surface area contributed by atoms with Gasteiger partial charge in [-0.15, -0.1) is 10.2 Å². The topological polar surface area (TPSA) is 30.2 Å². The zero-order valence-electron chi connectivity index (χ0n) is 11.9. The molecule has 0 spiro atoms. The van der Waals surface area contributed by atoms with Gasteiger partial charge >= 0.3 is 6.18 Å². The molecule has 0 N–H and O–H groups in total. The van der Waals surface area contributed by atoms with Gasteiger partial charge in [-0.3, -0.25) is 4.40 Å². The fraction of sp³-hybridized carbons (Fsp3) is 0.250. The van der Waals surface area contributed by atoms with Crippen LogP contribution in [0, 0.1) is 0 Å². The van der Waals surface area contributed by atoms with Crippen LogP contribution in [0.4, 0.5) is 13.2 Å². The molecule has 1 aromatic carbocycles. The second-order valence-corrected chi connectivity index (χ2v) is 5.29. The SMILES string of the molecule is C[C@H](Cc1ccccc1)c1nnc2ccc(C(F)(F)F)cn12. The fourth-order valence-corrected chi connectivity index (χ4v) is 2.47. The van der Waals surface area contributed by atoms with Crippen LogP contribution in [0.2, 0.25) is 0 Å². The molecule has 22 heavy (non-hydrogen) atoms. The molecule has 0 aliphatic carbocycles. The van der Waals surface area contributed by atoms with Crippen LogP contribution in [0.3, 0.4) is 0 Å². The summed E-state index contributed by atoms with van der Waals surface area (Å²) in [4.78, 5) is 0. The van der Waals surface area contributed by atoms with E-state index in [9.17, 15) is 13.2 Å². The number of nitrogens with zero attached hydrogens (tertiary/aromatic N) is 3. The third-order valence-corrected chi connectivity index (χ3v) is 3.58. The lowest BCUT2D eigenvalue weighted by Crippen LogP contribution is -2.09. The minimum absolute atomic E-state index is 0.0408. The van der Waals surface area contributed by atoms with Crippen molar-refractivity contribution >= 4 is 5.65 Å². The van der Waals surface area contributed by atoms with Gasteiger partial charge in [0.25, 0.3) is 0 Å². The summed E-state index contributed by atoms with van der Waals surface area (Å²) in [5.74, 6) is 0.492. The Labute approximate surface area is 125 Å². The Morgan fingerprint density at radius 3 is 2.45 bits per heavy atom. The number of pyridine rings is 1. The molecule has 3 rings (SSSR count). The van der Waals surface area contributed by atoms with Gasteiger partial charge in [0.2, 0.25) is 0 Å². The van der Waals surface area contributed by atoms with Gasteiger partial charge in [0.05, 0.1) is 5.56 Å². The first kappa shape index (κ1) is 14.6. The molecule has 0 fully saturated rings. The zero-order valence-corrected chi connectivity index (χ0v) is 11.9. The highest BCUT2D eigenvalue weighted by Gasteiger charge is 2.31. The summed E-state index contributed by atoms with van der Waals surface area (Å²) in [6, 6.07) is 12.1. The van der Waals surface area contributed by atoms with Crippen molar-refractivity contribution in [1.82, 2.24) is 14.6 Å². The molecule has 6 heteroatoms. The van der Waals surface area contributed by atoms with E-state index in [0.717, 1.165) is 17.8 Å². The summed E-state index contributed by atoms with van der Waals surface area (Å²) in [6.07, 6.45) is -2.62. The lowest BCUT2D eigenvalue weighted by atomic mass is 10.0. The van der Waals surface area contributed by atoms with Crippen LogP contribution in [0.25, 0.3) is 5.65 Å². The predicted octanol–water partition coefficient (Wildman–Crippen LogP) is 4.09. The molecule has 2 heterocycles. The summed E-state index contributed by atoms with van der Waals surface area (Å²) in [5.41, 5.74) is 0.828. The number of hydrogen-bond donors (Lipinski definition) is 0. The quantitative estimate of drug-likeness (QED) is 0.729. The molecule has 1 atom stereocenters. The van der Waals surface area contributed by atoms with Gasteiger partial charge in [0.1, 0.15) is 5.82 Å². The molecular weight excluding hydrogens is 291 g/mol. The minimum atomic E-state index is -4.38. The number of halogens is 3. The van der Waals surface area contributed by atoms with Crippen molar-refractivity contribution in [2.75, 3.05) is 0 Å². The van der Waals surface area contributed by atoms with Gasteiger partial charge < -0.3 is 0 Å². The summed E-state index contributed by atoms with van der Waals surface area (Å²) in [7, 11) is 0. The van der Waals surface area contributed by atoms with E-state index in [2.05, 4.69) is 10.2 Å². The third-order valence-electron chi connectivity index (χ3n) is 3.58. The van der Waals surface area contributed by atoms with Crippen molar-refractivity contribution in [2.45, 2.75) is 25.4 Å². The number of aromatic nitrogens is 3. The number of fused-ring (bicyclic) bond motifs is 1. The van der Waals surface area contributed by atoms with Crippen molar-refractivity contribution < 1.29 is 13.2 Å². The predicted molar refractivity (Wildman–Crippen MR) is 76.6 cm³/mol. The fourth-order valence-electron chi connectivity index (χ4n) is 2.47. The Morgan fingerprint density at radius 1 is 1.05 bits per heavy atom. The highest BCUT2D eigenvalue weighted by Crippen LogP contribution is 2.30. The van der Waals surface area contributed by atoms with Crippen LogP contribution in [-0.4, -0.2) is 14.6 Å². The van der Waals surface area contributed by atoms with E-state index >= 15 is 0 Å². The van der Waals surface area contributed by atoms with Gasteiger partial charge in [-0.25, -0.2) is 0 Å². The standard InChI is InChI=1S/C16H14F3N3/c1-11(9-12-5-3-2-4-6-12)15-21-20-14-8-7-13(10-22(14)15)16(17,18)19/h2-8,10-11H,9H2,1H3/t11-/m1/s1. The van der Waals surface area contributed by atoms with E-state index in [4.69, 9.17) is 0 Å². The van der Waals surface area contributed by atoms with Crippen molar-refractivity contribution in [3.8, 4) is 0 Å². The van der Waals surface area contributed by atoms with Crippen molar-refractivity contribution in [3.63, 3.8) is 0 Å². The third kappa shape index (κ3) is 2.81. The molecule has 3 nitrogen and oxygen atoms in total. The second-order valence-electron chi connectivity index (χ2n) is 5.29. The molecule has 114 valence electrons. The van der Waals surface area contributed by atoms with Crippen LogP contribution in [0.15, 0.2) is 48.7 Å². The van der Waals surface area contributed by atoms with Crippen LogP contribution < -0.4 is 0 Å². The Kier molecular flexibility index (Phi) is 3.60. The van der Waals surface area contributed by atoms with E-state index < -0.39 is 11.7 Å². The molecular formula is C16H14F3N3. The van der Waals surface area contributed by atoms with Crippen molar-refractivity contribution in [2.24, 2.45) is 0 Å². The molecule has 0 radical (unpaired) electrons. The zero-order chi connectivity index (χ0) is 15.7. The van der Waals surface area contributed by atoms with Crippen LogP contribution in [0.1, 0.15) is 29.8 Å². The van der Waals surface area contributed by atoms with Gasteiger partial charge in [-0.1, -0.05) is 37.3 Å². The number of hydrogen-bond acceptors (Lipinski definition) is 2. The summed E-state index contributed by atoms with van der Waals surface area (Å²) < 4.78 is 40.0. The summed E-state index contributed by atoms with van der Waals surface area (Å²) in [6.45, 7) is 1.93. The maximum atomic E-state index is 12.8. The first-order valence-corrected chi connectivity index (χ1v) is 6.91. The monoisotopic (exact) mass is 305 g/mol. The molecule has 0 amide bonds. The minimum Gasteiger partial charge on any atom is -0.286 e. The molecule has 0 bridgehead atoms. The molecule has 0 aliphatic heterocycles. The number of rotatable bonds is 3. The lowest BCUT2D eigenvalue weighted by Gasteiger charge is -2.11. The van der Waals surface area contributed by atoms with Crippen molar-refractivity contribution in [3.05, 3.63) is 65.6 Å². The van der Waals surface area contributed by atoms with E-state index in [0.29, 0.717) is 17.9 Å². The van der Waals surface area contributed by atoms with Gasteiger partial charge in [-0.05, 0) is 24.1 Å². The maximum Gasteiger partial charge on any atom is 0.417 e. The molecule has 0 aliphatic rings. The molecule has 0 unspecified atom stereocenters. The Hall–Kier alpha value is -2.37. The molecule has 2 aromatic heterocycles. The maximum absolute atomic E-state index is 12.8. The van der Waals surface area contributed by atoms with E-state index in [1.54, 1.807) is 0 Å². The molecule has 0 saturated heterocycles. The largest absolute Gasteiger partial charge is 0.417 e. The number of benzene rings is 1. The summed E-state index contributed by atoms with van der Waals surface area (Å²) >= 11 is 0. The smallest absolute Gasteiger partial charge is 0.286 e. The van der Waals surface area contributed by atoms with Gasteiger partial charge in [0.15, 0.2) is 5.65 Å². The Balaban J connectivity index is 1.96. The normalized spacial score (nSPS) is 13.5.